The van der Waals surface area contributed by atoms with Gasteiger partial charge in [0, 0.05) is 43.9 Å². The van der Waals surface area contributed by atoms with Crippen molar-refractivity contribution in [1.82, 2.24) is 10.2 Å². The van der Waals surface area contributed by atoms with Crippen molar-refractivity contribution in [2.75, 3.05) is 31.5 Å². The van der Waals surface area contributed by atoms with Crippen molar-refractivity contribution < 1.29 is 14.5 Å². The maximum absolute atomic E-state index is 12.1. The molecule has 3 rings (SSSR count). The topological polar surface area (TPSA) is 96.7 Å². The molecule has 1 aromatic carbocycles. The molecule has 1 aliphatic heterocycles. The third kappa shape index (κ3) is 5.64. The Hall–Kier alpha value is -2.19. The van der Waals surface area contributed by atoms with E-state index in [1.165, 1.54) is 6.07 Å². The number of carbonyl (C=O) groups is 1. The number of ether oxygens (including phenoxy) is 1. The molecule has 1 amide bonds. The largest absolute Gasteiger partial charge is 0.379 e. The number of benzene rings is 1. The quantitative estimate of drug-likeness (QED) is 0.411. The molecule has 0 aromatic heterocycles. The van der Waals surface area contributed by atoms with E-state index in [-0.39, 0.29) is 29.8 Å². The highest BCUT2D eigenvalue weighted by atomic mass is 16.6. The van der Waals surface area contributed by atoms with E-state index < -0.39 is 4.92 Å². The molecule has 2 atom stereocenters. The fraction of sp³-hybridized carbons (Fsp3) is 0.632. The van der Waals surface area contributed by atoms with Crippen LogP contribution in [0.15, 0.2) is 18.2 Å². The first-order valence-electron chi connectivity index (χ1n) is 9.63. The van der Waals surface area contributed by atoms with Crippen LogP contribution in [0.5, 0.6) is 0 Å². The first-order valence-corrected chi connectivity index (χ1v) is 9.63. The number of morpholine rings is 1. The van der Waals surface area contributed by atoms with Crippen LogP contribution in [0.25, 0.3) is 0 Å². The minimum Gasteiger partial charge on any atom is -0.379 e. The van der Waals surface area contributed by atoms with Crippen molar-refractivity contribution in [1.29, 1.82) is 0 Å². The summed E-state index contributed by atoms with van der Waals surface area (Å²) >= 11 is 0. The lowest BCUT2D eigenvalue weighted by molar-refractivity contribution is -0.384. The Bertz CT molecular complexity index is 682. The monoisotopic (exact) mass is 376 g/mol. The number of nitrogens with one attached hydrogen (secondary N) is 2. The summed E-state index contributed by atoms with van der Waals surface area (Å²) in [5, 5.41) is 17.4. The van der Waals surface area contributed by atoms with Gasteiger partial charge in [0.1, 0.15) is 5.69 Å². The van der Waals surface area contributed by atoms with E-state index in [2.05, 4.69) is 29.4 Å². The van der Waals surface area contributed by atoms with Gasteiger partial charge in [-0.25, -0.2) is 0 Å². The lowest BCUT2D eigenvalue weighted by Gasteiger charge is -2.35. The van der Waals surface area contributed by atoms with Gasteiger partial charge in [-0.1, -0.05) is 0 Å². The van der Waals surface area contributed by atoms with Crippen LogP contribution < -0.4 is 10.6 Å². The number of hydrogen-bond acceptors (Lipinski definition) is 6. The van der Waals surface area contributed by atoms with Crippen LogP contribution in [0, 0.1) is 10.1 Å². The third-order valence-electron chi connectivity index (χ3n) is 4.83. The second kappa shape index (κ2) is 8.67. The molecule has 0 bridgehead atoms. The summed E-state index contributed by atoms with van der Waals surface area (Å²) in [7, 11) is 0. The van der Waals surface area contributed by atoms with Crippen LogP contribution in [0.3, 0.4) is 0 Å². The number of nitro benzene ring substituents is 1. The lowest BCUT2D eigenvalue weighted by atomic mass is 10.1. The van der Waals surface area contributed by atoms with Gasteiger partial charge in [0.25, 0.3) is 11.6 Å². The van der Waals surface area contributed by atoms with Crippen molar-refractivity contribution in [3.63, 3.8) is 0 Å². The highest BCUT2D eigenvalue weighted by Gasteiger charge is 2.25. The van der Waals surface area contributed by atoms with Crippen molar-refractivity contribution in [3.05, 3.63) is 33.9 Å². The summed E-state index contributed by atoms with van der Waals surface area (Å²) in [6.07, 6.45) is 3.30. The Labute approximate surface area is 159 Å². The van der Waals surface area contributed by atoms with Gasteiger partial charge in [-0.2, -0.15) is 0 Å². The van der Waals surface area contributed by atoms with E-state index in [0.717, 1.165) is 38.9 Å². The normalized spacial score (nSPS) is 23.0. The molecule has 1 saturated carbocycles. The molecule has 0 spiro atoms. The number of carbonyl (C=O) groups excluding carboxylic acids is 1. The van der Waals surface area contributed by atoms with E-state index in [1.807, 2.05) is 0 Å². The maximum atomic E-state index is 12.1. The zero-order chi connectivity index (χ0) is 19.4. The lowest BCUT2D eigenvalue weighted by Crippen LogP contribution is -2.45. The first kappa shape index (κ1) is 19.6. The molecule has 8 heteroatoms. The number of amides is 1. The summed E-state index contributed by atoms with van der Waals surface area (Å²) in [4.78, 5) is 25.4. The molecule has 2 unspecified atom stereocenters. The molecule has 1 aromatic rings. The Balaban J connectivity index is 1.52. The standard InChI is InChI=1S/C19H28N4O4/c1-13-11-22(12-14(2)27-13)9-3-8-20-17-7-4-15(10-18(17)23(25)26)19(24)21-16-5-6-16/h4,7,10,13-14,16,20H,3,5-6,8-9,11-12H2,1-2H3,(H,21,24). The van der Waals surface area contributed by atoms with Crippen LogP contribution in [0.1, 0.15) is 43.5 Å². The van der Waals surface area contributed by atoms with Crippen LogP contribution >= 0.6 is 0 Å². The van der Waals surface area contributed by atoms with Crippen molar-refractivity contribution >= 4 is 17.3 Å². The van der Waals surface area contributed by atoms with Crippen molar-refractivity contribution in [2.24, 2.45) is 0 Å². The molecule has 0 radical (unpaired) electrons. The zero-order valence-electron chi connectivity index (χ0n) is 15.9. The fourth-order valence-corrected chi connectivity index (χ4v) is 3.46. The van der Waals surface area contributed by atoms with Gasteiger partial charge in [-0.15, -0.1) is 0 Å². The molecule has 1 heterocycles. The Morgan fingerprint density at radius 1 is 1.30 bits per heavy atom. The summed E-state index contributed by atoms with van der Waals surface area (Å²) in [6.45, 7) is 7.52. The Kier molecular flexibility index (Phi) is 6.28. The van der Waals surface area contributed by atoms with Crippen LogP contribution in [0.2, 0.25) is 0 Å². The van der Waals surface area contributed by atoms with Crippen molar-refractivity contribution in [2.45, 2.75) is 51.4 Å². The molecular formula is C19H28N4O4. The Morgan fingerprint density at radius 2 is 2.00 bits per heavy atom. The maximum Gasteiger partial charge on any atom is 0.293 e. The molecular weight excluding hydrogens is 348 g/mol. The highest BCUT2D eigenvalue weighted by molar-refractivity contribution is 5.96. The van der Waals surface area contributed by atoms with Gasteiger partial charge >= 0.3 is 0 Å². The van der Waals surface area contributed by atoms with Gasteiger partial charge in [0.2, 0.25) is 0 Å². The Morgan fingerprint density at radius 3 is 2.63 bits per heavy atom. The van der Waals surface area contributed by atoms with E-state index >= 15 is 0 Å². The first-order chi connectivity index (χ1) is 12.9. The average molecular weight is 376 g/mol. The molecule has 2 fully saturated rings. The predicted octanol–water partition coefficient (Wildman–Crippen LogP) is 2.40. The predicted molar refractivity (Wildman–Crippen MR) is 103 cm³/mol. The zero-order valence-corrected chi connectivity index (χ0v) is 15.9. The second-order valence-electron chi connectivity index (χ2n) is 7.53. The second-order valence-corrected chi connectivity index (χ2v) is 7.53. The van der Waals surface area contributed by atoms with Crippen molar-refractivity contribution in [3.8, 4) is 0 Å². The van der Waals surface area contributed by atoms with Gasteiger partial charge in [-0.05, 0) is 45.2 Å². The molecule has 8 nitrogen and oxygen atoms in total. The molecule has 27 heavy (non-hydrogen) atoms. The molecule has 2 aliphatic rings. The van der Waals surface area contributed by atoms with Gasteiger partial charge in [0.05, 0.1) is 17.1 Å². The smallest absolute Gasteiger partial charge is 0.293 e. The number of rotatable bonds is 8. The summed E-state index contributed by atoms with van der Waals surface area (Å²) < 4.78 is 5.73. The minimum absolute atomic E-state index is 0.0629. The van der Waals surface area contributed by atoms with Gasteiger partial charge in [-0.3, -0.25) is 19.8 Å². The summed E-state index contributed by atoms with van der Waals surface area (Å²) in [5.74, 6) is -0.247. The third-order valence-corrected chi connectivity index (χ3v) is 4.83. The number of nitrogens with zero attached hydrogens (tertiary/aromatic N) is 2. The van der Waals surface area contributed by atoms with E-state index in [1.54, 1.807) is 12.1 Å². The number of anilines is 1. The molecule has 1 saturated heterocycles. The summed E-state index contributed by atoms with van der Waals surface area (Å²) in [6, 6.07) is 4.84. The number of nitro groups is 1. The number of hydrogen-bond donors (Lipinski definition) is 2. The van der Waals surface area contributed by atoms with Gasteiger partial charge < -0.3 is 15.4 Å². The minimum atomic E-state index is -0.443. The SMILES string of the molecule is CC1CN(CCCNc2ccc(C(=O)NC3CC3)cc2[N+](=O)[O-])CC(C)O1. The van der Waals surface area contributed by atoms with Crippen LogP contribution in [-0.4, -0.2) is 60.2 Å². The van der Waals surface area contributed by atoms with E-state index in [0.29, 0.717) is 17.8 Å². The van der Waals surface area contributed by atoms with Crippen LogP contribution in [-0.2, 0) is 4.74 Å². The van der Waals surface area contributed by atoms with E-state index in [4.69, 9.17) is 4.74 Å². The van der Waals surface area contributed by atoms with E-state index in [9.17, 15) is 14.9 Å². The highest BCUT2D eigenvalue weighted by Crippen LogP contribution is 2.26. The van der Waals surface area contributed by atoms with Gasteiger partial charge in [0.15, 0.2) is 0 Å². The average Bonchev–Trinajstić information content (AvgIpc) is 3.41. The summed E-state index contributed by atoms with van der Waals surface area (Å²) in [5.41, 5.74) is 0.717. The molecule has 2 N–H and O–H groups in total. The van der Waals surface area contributed by atoms with Crippen LogP contribution in [0.4, 0.5) is 11.4 Å². The fourth-order valence-electron chi connectivity index (χ4n) is 3.46. The molecule has 148 valence electrons. The molecule has 1 aliphatic carbocycles.